The monoisotopic (exact) mass is 613 g/mol. The third-order valence-corrected chi connectivity index (χ3v) is 14.9. The predicted octanol–water partition coefficient (Wildman–Crippen LogP) is 3.30. The third-order valence-electron chi connectivity index (χ3n) is 8.15. The van der Waals surface area contributed by atoms with Crippen molar-refractivity contribution < 1.29 is 49.5 Å². The Morgan fingerprint density at radius 3 is 2.23 bits per heavy atom. The fourth-order valence-electron chi connectivity index (χ4n) is 6.21. The summed E-state index contributed by atoms with van der Waals surface area (Å²) in [5, 5.41) is 6.47. The molecule has 3 aromatic rings. The molecule has 2 aromatic carbocycles. The molecule has 0 saturated heterocycles. The molecular formula is C30H33Cl2SSiZr. The van der Waals surface area contributed by atoms with Crippen LogP contribution < -0.4 is 24.8 Å². The van der Waals surface area contributed by atoms with Crippen molar-refractivity contribution >= 4 is 30.7 Å². The molecule has 35 heavy (non-hydrogen) atoms. The first kappa shape index (κ1) is 28.9. The smallest absolute Gasteiger partial charge is 1.00 e. The molecule has 0 amide bonds. The van der Waals surface area contributed by atoms with Gasteiger partial charge >= 0.3 is 143 Å². The number of hydrogen-bond donors (Lipinski definition) is 0. The van der Waals surface area contributed by atoms with Gasteiger partial charge in [-0.2, -0.15) is 11.3 Å². The zero-order valence-electron chi connectivity index (χ0n) is 21.4. The Morgan fingerprint density at radius 1 is 0.943 bits per heavy atom. The molecule has 2 bridgehead atoms. The number of halogens is 2. The van der Waals surface area contributed by atoms with E-state index in [4.69, 9.17) is 0 Å². The van der Waals surface area contributed by atoms with Crippen LogP contribution in [0.3, 0.4) is 0 Å². The van der Waals surface area contributed by atoms with Crippen LogP contribution in [0.2, 0.25) is 13.1 Å². The average molecular weight is 616 g/mol. The van der Waals surface area contributed by atoms with Crippen LogP contribution in [0.5, 0.6) is 0 Å². The van der Waals surface area contributed by atoms with Crippen molar-refractivity contribution in [3.63, 3.8) is 0 Å². The van der Waals surface area contributed by atoms with E-state index in [-0.39, 0.29) is 24.8 Å². The van der Waals surface area contributed by atoms with E-state index in [0.29, 0.717) is 9.54 Å². The molecule has 4 aliphatic rings. The maximum atomic E-state index is 2.50. The molecule has 5 heteroatoms. The molecule has 0 nitrogen and oxygen atoms in total. The molecule has 3 heterocycles. The van der Waals surface area contributed by atoms with Crippen molar-refractivity contribution in [3.8, 4) is 11.1 Å². The molecule has 0 spiro atoms. The number of allylic oxidation sites excluding steroid dienone is 2. The summed E-state index contributed by atoms with van der Waals surface area (Å²) in [5.74, 6) is 0.645. The zero-order chi connectivity index (χ0) is 23.5. The Labute approximate surface area is 244 Å². The second-order valence-corrected chi connectivity index (χ2v) is 17.2. The van der Waals surface area contributed by atoms with Crippen LogP contribution in [-0.2, 0) is 24.7 Å². The topological polar surface area (TPSA) is 0 Å². The van der Waals surface area contributed by atoms with Crippen LogP contribution in [0, 0.1) is 0 Å². The molecule has 181 valence electrons. The Bertz CT molecular complexity index is 1290. The minimum atomic E-state index is -0.976. The molecule has 0 N–H and O–H groups in total. The molecule has 0 radical (unpaired) electrons. The summed E-state index contributed by atoms with van der Waals surface area (Å²) in [4.78, 5) is 0. The summed E-state index contributed by atoms with van der Waals surface area (Å²) < 4.78 is 0.645. The number of rotatable bonds is 3. The van der Waals surface area contributed by atoms with Crippen molar-refractivity contribution in [1.82, 2.24) is 0 Å². The predicted molar refractivity (Wildman–Crippen MR) is 144 cm³/mol. The quantitative estimate of drug-likeness (QED) is 0.397. The van der Waals surface area contributed by atoms with Crippen LogP contribution in [-0.4, -0.2) is 8.07 Å². The van der Waals surface area contributed by atoms with Gasteiger partial charge in [0.1, 0.15) is 0 Å². The van der Waals surface area contributed by atoms with Gasteiger partial charge in [-0.1, -0.05) is 23.9 Å². The second kappa shape index (κ2) is 11.0. The third kappa shape index (κ3) is 4.70. The van der Waals surface area contributed by atoms with Crippen molar-refractivity contribution in [3.05, 3.63) is 92.2 Å². The molecule has 1 aromatic heterocycles. The minimum Gasteiger partial charge on any atom is -1.00 e. The molecular weight excluding hydrogens is 583 g/mol. The van der Waals surface area contributed by atoms with E-state index < -0.39 is 8.07 Å². The van der Waals surface area contributed by atoms with Crippen molar-refractivity contribution in [2.45, 2.75) is 62.3 Å². The van der Waals surface area contributed by atoms with Crippen molar-refractivity contribution in [2.75, 3.05) is 0 Å². The Morgan fingerprint density at radius 2 is 1.63 bits per heavy atom. The van der Waals surface area contributed by atoms with Crippen LogP contribution in [0.1, 0.15) is 77.0 Å². The number of fused-ring (bicyclic) bond motifs is 1. The first-order chi connectivity index (χ1) is 15.8. The van der Waals surface area contributed by atoms with Gasteiger partial charge in [0, 0.05) is 5.54 Å². The van der Waals surface area contributed by atoms with Gasteiger partial charge in [0.2, 0.25) is 0 Å². The van der Waals surface area contributed by atoms with Gasteiger partial charge in [0.15, 0.2) is 0 Å². The van der Waals surface area contributed by atoms with Crippen molar-refractivity contribution in [2.24, 2.45) is 0 Å². The van der Waals surface area contributed by atoms with Gasteiger partial charge in [-0.25, -0.2) is 0 Å². The van der Waals surface area contributed by atoms with Crippen LogP contribution in [0.25, 0.3) is 22.4 Å². The second-order valence-electron chi connectivity index (χ2n) is 10.5. The summed E-state index contributed by atoms with van der Waals surface area (Å²) in [6.45, 7) is 14.1. The van der Waals surface area contributed by atoms with Gasteiger partial charge in [0.05, 0.1) is 8.07 Å². The minimum absolute atomic E-state index is 0. The molecule has 2 aliphatic carbocycles. The Balaban J connectivity index is 0.000000208. The molecule has 3 unspecified atom stereocenters. The van der Waals surface area contributed by atoms with E-state index >= 15 is 0 Å². The number of hydrogen-bond acceptors (Lipinski definition) is 1. The summed E-state index contributed by atoms with van der Waals surface area (Å²) in [6, 6.07) is 15.9. The van der Waals surface area contributed by atoms with Gasteiger partial charge < -0.3 is 24.8 Å². The van der Waals surface area contributed by atoms with E-state index in [1.54, 1.807) is 46.6 Å². The average Bonchev–Trinajstić information content (AvgIpc) is 3.50. The van der Waals surface area contributed by atoms with E-state index in [0.717, 1.165) is 5.54 Å². The molecule has 3 atom stereocenters. The number of thiophene rings is 1. The SMILES string of the molecule is CC1=C2c3cscc3C1[Si]2(C)C.CCC(C)c1ccc(-c2cccc3c2C=C(C)[CH]3[Zr+2])cc1.[Cl-].[Cl-]. The fourth-order valence-corrected chi connectivity index (χ4v) is 12.5. The van der Waals surface area contributed by atoms with E-state index in [9.17, 15) is 0 Å². The summed E-state index contributed by atoms with van der Waals surface area (Å²) in [6.07, 6.45) is 3.58. The van der Waals surface area contributed by atoms with Crippen LogP contribution >= 0.6 is 11.3 Å². The van der Waals surface area contributed by atoms with Crippen LogP contribution in [0.4, 0.5) is 0 Å². The van der Waals surface area contributed by atoms with Crippen LogP contribution in [0.15, 0.2) is 64.4 Å². The fraction of sp³-hybridized carbons (Fsp3) is 0.333. The molecule has 0 saturated carbocycles. The maximum Gasteiger partial charge on any atom is -1.00 e. The van der Waals surface area contributed by atoms with E-state index in [1.165, 1.54) is 39.8 Å². The summed E-state index contributed by atoms with van der Waals surface area (Å²) in [7, 11) is -0.976. The molecule has 0 fully saturated rings. The standard InChI is InChI=1S/C20H21.C10H12SSi.2ClH.Zr/c1-4-15(3)16-8-10-17(11-9-16)19-7-5-6-18-12-14(2)13-20(18)19;1-6-9-7-4-11-5-8(7)10(6)12(9,2)3;;;/h5-13,15H,4H2,1-3H3;4-5,9H,1-3H3;2*1H;/q;;;;+2/p-2. The van der Waals surface area contributed by atoms with Gasteiger partial charge in [0.25, 0.3) is 0 Å². The Hall–Kier alpha value is -0.700. The summed E-state index contributed by atoms with van der Waals surface area (Å²) >= 11 is 3.45. The van der Waals surface area contributed by atoms with E-state index in [2.05, 4.69) is 100 Å². The first-order valence-electron chi connectivity index (χ1n) is 12.2. The van der Waals surface area contributed by atoms with E-state index in [1.807, 2.05) is 11.3 Å². The zero-order valence-corrected chi connectivity index (χ0v) is 27.2. The molecule has 2 aliphatic heterocycles. The van der Waals surface area contributed by atoms with Crippen molar-refractivity contribution in [1.29, 1.82) is 0 Å². The number of benzene rings is 2. The first-order valence-corrected chi connectivity index (χ1v) is 17.6. The van der Waals surface area contributed by atoms with Gasteiger partial charge in [-0.3, -0.25) is 0 Å². The largest absolute Gasteiger partial charge is 1.00 e. The molecule has 7 rings (SSSR count). The van der Waals surface area contributed by atoms with Gasteiger partial charge in [-0.15, -0.1) is 0 Å². The van der Waals surface area contributed by atoms with Gasteiger partial charge in [-0.05, 0) is 28.8 Å². The Kier molecular flexibility index (Phi) is 9.04. The summed E-state index contributed by atoms with van der Waals surface area (Å²) in [5.41, 5.74) is 14.5. The maximum absolute atomic E-state index is 2.50. The normalized spacial score (nSPS) is 20.9.